The van der Waals surface area contributed by atoms with Crippen molar-refractivity contribution in [1.29, 1.82) is 0 Å². The van der Waals surface area contributed by atoms with Crippen LogP contribution in [0.3, 0.4) is 0 Å². The summed E-state index contributed by atoms with van der Waals surface area (Å²) in [5.74, 6) is 0.291. The molecule has 0 bridgehead atoms. The average Bonchev–Trinajstić information content (AvgIpc) is 2.67. The highest BCUT2D eigenvalue weighted by molar-refractivity contribution is 5.73. The van der Waals surface area contributed by atoms with Crippen molar-refractivity contribution in [3.8, 4) is 11.6 Å². The van der Waals surface area contributed by atoms with Crippen molar-refractivity contribution < 1.29 is 18.7 Å². The number of nitrogens with one attached hydrogen (secondary N) is 2. The number of carbonyl (C=O) groups excluding carboxylic acids is 1. The Hall–Kier alpha value is -2.71. The van der Waals surface area contributed by atoms with Crippen molar-refractivity contribution in [2.45, 2.75) is 32.6 Å². The third-order valence-electron chi connectivity index (χ3n) is 4.51. The van der Waals surface area contributed by atoms with Gasteiger partial charge in [0.15, 0.2) is 0 Å². The van der Waals surface area contributed by atoms with Gasteiger partial charge in [-0.05, 0) is 32.0 Å². The molecular weight excluding hydrogens is 375 g/mol. The van der Waals surface area contributed by atoms with Crippen LogP contribution in [-0.4, -0.2) is 54.3 Å². The van der Waals surface area contributed by atoms with E-state index in [0.717, 1.165) is 19.6 Å². The predicted octanol–water partition coefficient (Wildman–Crippen LogP) is 2.92. The summed E-state index contributed by atoms with van der Waals surface area (Å²) in [7, 11) is 0. The molecular formula is C21H27FN4O3. The van der Waals surface area contributed by atoms with Crippen molar-refractivity contribution >= 4 is 6.03 Å². The van der Waals surface area contributed by atoms with E-state index < -0.39 is 0 Å². The fraction of sp³-hybridized carbons (Fsp3) is 0.429. The van der Waals surface area contributed by atoms with Gasteiger partial charge in [-0.15, -0.1) is 0 Å². The van der Waals surface area contributed by atoms with E-state index in [2.05, 4.69) is 34.4 Å². The summed E-state index contributed by atoms with van der Waals surface area (Å²) in [5, 5.41) is 5.67. The van der Waals surface area contributed by atoms with Crippen LogP contribution in [0.4, 0.5) is 9.18 Å². The highest BCUT2D eigenvalue weighted by Gasteiger charge is 2.21. The summed E-state index contributed by atoms with van der Waals surface area (Å²) >= 11 is 0. The molecule has 0 radical (unpaired) electrons. The number of rotatable bonds is 7. The molecule has 2 aromatic rings. The highest BCUT2D eigenvalue weighted by Crippen LogP contribution is 2.23. The van der Waals surface area contributed by atoms with Gasteiger partial charge in [-0.1, -0.05) is 12.1 Å². The van der Waals surface area contributed by atoms with Crippen molar-refractivity contribution in [2.24, 2.45) is 0 Å². The second-order valence-electron chi connectivity index (χ2n) is 7.15. The minimum absolute atomic E-state index is 0.203. The van der Waals surface area contributed by atoms with E-state index in [4.69, 9.17) is 9.47 Å². The lowest BCUT2D eigenvalue weighted by Crippen LogP contribution is -2.48. The quantitative estimate of drug-likeness (QED) is 0.745. The Morgan fingerprint density at radius 2 is 2.03 bits per heavy atom. The first-order valence-corrected chi connectivity index (χ1v) is 9.76. The summed E-state index contributed by atoms with van der Waals surface area (Å²) < 4.78 is 24.7. The van der Waals surface area contributed by atoms with Crippen LogP contribution in [0.2, 0.25) is 0 Å². The number of nitrogens with zero attached hydrogens (tertiary/aromatic N) is 2. The van der Waals surface area contributed by atoms with E-state index in [1.54, 1.807) is 30.5 Å². The third kappa shape index (κ3) is 6.69. The van der Waals surface area contributed by atoms with Crippen LogP contribution in [0, 0.1) is 5.82 Å². The first-order valence-electron chi connectivity index (χ1n) is 9.76. The second-order valence-corrected chi connectivity index (χ2v) is 7.15. The van der Waals surface area contributed by atoms with Crippen LogP contribution in [0.25, 0.3) is 0 Å². The predicted molar refractivity (Wildman–Crippen MR) is 107 cm³/mol. The molecule has 1 aliphatic heterocycles. The van der Waals surface area contributed by atoms with Crippen molar-refractivity contribution in [3.05, 3.63) is 54.0 Å². The monoisotopic (exact) mass is 402 g/mol. The Morgan fingerprint density at radius 3 is 2.79 bits per heavy atom. The van der Waals surface area contributed by atoms with Crippen LogP contribution in [0.1, 0.15) is 19.4 Å². The van der Waals surface area contributed by atoms with Crippen molar-refractivity contribution in [1.82, 2.24) is 20.5 Å². The summed E-state index contributed by atoms with van der Waals surface area (Å²) in [6.45, 7) is 7.40. The molecule has 2 unspecified atom stereocenters. The van der Waals surface area contributed by atoms with E-state index in [-0.39, 0.29) is 30.6 Å². The Morgan fingerprint density at radius 1 is 1.24 bits per heavy atom. The minimum atomic E-state index is -0.387. The zero-order valence-corrected chi connectivity index (χ0v) is 16.7. The molecule has 2 amide bonds. The number of benzene rings is 1. The van der Waals surface area contributed by atoms with E-state index in [1.165, 1.54) is 12.1 Å². The molecule has 2 heterocycles. The normalized spacial score (nSPS) is 19.6. The standard InChI is InChI=1S/C21H27FN4O3/c1-15-13-26(14-16(2)28-15)10-9-24-21(27)25-12-17-5-4-8-23-20(17)29-19-7-3-6-18(22)11-19/h3-8,11,15-16H,9-10,12-14H2,1-2H3,(H2,24,25,27). The van der Waals surface area contributed by atoms with Gasteiger partial charge in [0.25, 0.3) is 0 Å². The fourth-order valence-electron chi connectivity index (χ4n) is 3.33. The van der Waals surface area contributed by atoms with E-state index >= 15 is 0 Å². The maximum absolute atomic E-state index is 13.3. The molecule has 1 saturated heterocycles. The van der Waals surface area contributed by atoms with Gasteiger partial charge in [-0.3, -0.25) is 4.90 Å². The molecule has 2 atom stereocenters. The van der Waals surface area contributed by atoms with E-state index in [9.17, 15) is 9.18 Å². The fourth-order valence-corrected chi connectivity index (χ4v) is 3.33. The van der Waals surface area contributed by atoms with Gasteiger partial charge in [-0.25, -0.2) is 14.2 Å². The number of carbonyl (C=O) groups is 1. The van der Waals surface area contributed by atoms with Gasteiger partial charge in [0.1, 0.15) is 11.6 Å². The van der Waals surface area contributed by atoms with Crippen molar-refractivity contribution in [3.63, 3.8) is 0 Å². The lowest BCUT2D eigenvalue weighted by molar-refractivity contribution is -0.0672. The number of amides is 2. The Labute approximate surface area is 170 Å². The zero-order chi connectivity index (χ0) is 20.6. The molecule has 156 valence electrons. The number of morpholine rings is 1. The smallest absolute Gasteiger partial charge is 0.315 e. The number of urea groups is 1. The molecule has 1 aliphatic rings. The summed E-state index contributed by atoms with van der Waals surface area (Å²) in [4.78, 5) is 18.6. The lowest BCUT2D eigenvalue weighted by Gasteiger charge is -2.35. The Kier molecular flexibility index (Phi) is 7.37. The first kappa shape index (κ1) is 21.0. The number of ether oxygens (including phenoxy) is 2. The minimum Gasteiger partial charge on any atom is -0.439 e. The van der Waals surface area contributed by atoms with E-state index in [1.807, 2.05) is 0 Å². The van der Waals surface area contributed by atoms with Gasteiger partial charge in [-0.2, -0.15) is 0 Å². The maximum Gasteiger partial charge on any atom is 0.315 e. The largest absolute Gasteiger partial charge is 0.439 e. The zero-order valence-electron chi connectivity index (χ0n) is 16.7. The van der Waals surface area contributed by atoms with Crippen LogP contribution in [-0.2, 0) is 11.3 Å². The average molecular weight is 402 g/mol. The lowest BCUT2D eigenvalue weighted by atomic mass is 10.2. The Bertz CT molecular complexity index is 810. The van der Waals surface area contributed by atoms with Crippen LogP contribution in [0.15, 0.2) is 42.6 Å². The van der Waals surface area contributed by atoms with Gasteiger partial charge in [0.05, 0.1) is 12.2 Å². The molecule has 3 rings (SSSR count). The molecule has 1 fully saturated rings. The summed E-state index contributed by atoms with van der Waals surface area (Å²) in [6.07, 6.45) is 1.99. The number of hydrogen-bond acceptors (Lipinski definition) is 5. The molecule has 0 aliphatic carbocycles. The first-order chi connectivity index (χ1) is 14.0. The van der Waals surface area contributed by atoms with Gasteiger partial charge >= 0.3 is 6.03 Å². The maximum atomic E-state index is 13.3. The second kappa shape index (κ2) is 10.2. The van der Waals surface area contributed by atoms with Crippen LogP contribution >= 0.6 is 0 Å². The SMILES string of the molecule is CC1CN(CCNC(=O)NCc2cccnc2Oc2cccc(F)c2)CC(C)O1. The summed E-state index contributed by atoms with van der Waals surface area (Å²) in [6, 6.07) is 9.14. The third-order valence-corrected chi connectivity index (χ3v) is 4.51. The molecule has 29 heavy (non-hydrogen) atoms. The molecule has 8 heteroatoms. The molecule has 0 spiro atoms. The summed E-state index contributed by atoms with van der Waals surface area (Å²) in [5.41, 5.74) is 0.697. The molecule has 0 saturated carbocycles. The number of aromatic nitrogens is 1. The molecule has 1 aromatic heterocycles. The molecule has 1 aromatic carbocycles. The number of pyridine rings is 1. The Balaban J connectivity index is 1.45. The van der Waals surface area contributed by atoms with Crippen molar-refractivity contribution in [2.75, 3.05) is 26.2 Å². The van der Waals surface area contributed by atoms with Crippen LogP contribution in [0.5, 0.6) is 11.6 Å². The number of halogens is 1. The topological polar surface area (TPSA) is 75.7 Å². The molecule has 2 N–H and O–H groups in total. The van der Waals surface area contributed by atoms with Crippen LogP contribution < -0.4 is 15.4 Å². The van der Waals surface area contributed by atoms with Gasteiger partial charge in [0, 0.05) is 50.6 Å². The molecule has 7 nitrogen and oxygen atoms in total. The number of hydrogen-bond donors (Lipinski definition) is 2. The highest BCUT2D eigenvalue weighted by atomic mass is 19.1. The van der Waals surface area contributed by atoms with Gasteiger partial charge < -0.3 is 20.1 Å². The van der Waals surface area contributed by atoms with E-state index in [0.29, 0.717) is 23.7 Å². The van der Waals surface area contributed by atoms with Gasteiger partial charge in [0.2, 0.25) is 5.88 Å².